The molecule has 16 nitrogen and oxygen atoms in total. The number of nitrogen functional groups attached to an aromatic ring is 1. The molecule has 17 heteroatoms. The number of nitrogens with zero attached hydrogens (tertiary/aromatic N) is 8. The fourth-order valence-electron chi connectivity index (χ4n) is 11.2. The Labute approximate surface area is 404 Å². The van der Waals surface area contributed by atoms with Crippen LogP contribution in [0.2, 0.25) is 0 Å². The van der Waals surface area contributed by atoms with Crippen LogP contribution in [0.15, 0.2) is 79.0 Å². The summed E-state index contributed by atoms with van der Waals surface area (Å²) in [4.78, 5) is 51.9. The summed E-state index contributed by atoms with van der Waals surface area (Å²) in [6.07, 6.45) is 12.5. The molecular weight excluding hydrogens is 889 g/mol. The first-order chi connectivity index (χ1) is 33.7. The number of H-pyrrole nitrogens is 1. The van der Waals surface area contributed by atoms with Crippen LogP contribution in [0.25, 0.3) is 28.7 Å². The van der Waals surface area contributed by atoms with Gasteiger partial charge in [-0.05, 0) is 134 Å². The second-order valence-electron chi connectivity index (χ2n) is 19.2. The SMILES string of the molecule is Nc1nc(Nc2ccc3c(c2)CC[C@@H](N2CCC(C4CN(Cc5c[nH]c(/C=C6\C(=O)Nc7ccc(CN8C(=O)CSC8=O)cc76)c5)CCO4)C2)CC3)nn1-c1cc2c(nn1)-c1ccccc1CCC2. The minimum atomic E-state index is -0.236. The van der Waals surface area contributed by atoms with Gasteiger partial charge in [0.25, 0.3) is 11.1 Å². The van der Waals surface area contributed by atoms with Gasteiger partial charge in [-0.25, -0.2) is 0 Å². The lowest BCUT2D eigenvalue weighted by molar-refractivity contribution is -0.125. The van der Waals surface area contributed by atoms with Crippen molar-refractivity contribution in [3.05, 3.63) is 124 Å². The van der Waals surface area contributed by atoms with Crippen LogP contribution in [-0.2, 0) is 53.1 Å². The molecule has 0 bridgehead atoms. The number of nitrogens with two attached hydrogens (primary N) is 1. The number of ether oxygens (including phenoxy) is 1. The van der Waals surface area contributed by atoms with Gasteiger partial charge in [0.05, 0.1) is 36.3 Å². The Balaban J connectivity index is 0.643. The van der Waals surface area contributed by atoms with Gasteiger partial charge in [0, 0.05) is 72.5 Å². The van der Waals surface area contributed by atoms with E-state index < -0.39 is 0 Å². The van der Waals surface area contributed by atoms with Crippen LogP contribution < -0.4 is 16.4 Å². The van der Waals surface area contributed by atoms with Crippen molar-refractivity contribution in [1.29, 1.82) is 0 Å². The van der Waals surface area contributed by atoms with Crippen molar-refractivity contribution in [2.75, 3.05) is 54.9 Å². The van der Waals surface area contributed by atoms with E-state index in [2.05, 4.69) is 89.1 Å². The lowest BCUT2D eigenvalue weighted by Crippen LogP contribution is -2.46. The predicted molar refractivity (Wildman–Crippen MR) is 266 cm³/mol. The number of carbonyl (C=O) groups is 3. The number of benzene rings is 3. The Morgan fingerprint density at radius 3 is 2.62 bits per heavy atom. The largest absolute Gasteiger partial charge is 0.375 e. The standard InChI is InChI=1S/C52H54N12O4S/c53-50-57-51(60-64(50)46-23-36-6-3-5-34-4-1-2-7-41(34)48(36)59-58-46)55-38-12-9-33-10-13-40(14-11-35(33)22-38)62-17-16-37(28-62)45-29-61(18-19-68-45)26-32-20-39(54-25-32)24-43-42-21-31(8-15-44(42)56-49(43)66)27-63-47(65)30-69-52(63)67/h1-2,4,7-9,12,15,20-25,37,40,45,54H,3,5-6,10-11,13-14,16-19,26-30H2,(H,56,66)(H3,53,55,57,60)/b43-24-/t37?,40-,45?/m0/s1. The Morgan fingerprint density at radius 1 is 0.841 bits per heavy atom. The van der Waals surface area contributed by atoms with E-state index in [-0.39, 0.29) is 41.4 Å². The highest BCUT2D eigenvalue weighted by atomic mass is 32.2. The maximum Gasteiger partial charge on any atom is 0.289 e. The molecule has 0 spiro atoms. The molecule has 0 saturated carbocycles. The summed E-state index contributed by atoms with van der Waals surface area (Å²) in [5.41, 5.74) is 19.5. The van der Waals surface area contributed by atoms with Crippen molar-refractivity contribution in [2.45, 2.75) is 76.6 Å². The quantitative estimate of drug-likeness (QED) is 0.0810. The zero-order valence-electron chi connectivity index (χ0n) is 38.3. The van der Waals surface area contributed by atoms with Crippen LogP contribution >= 0.6 is 11.8 Å². The van der Waals surface area contributed by atoms with Gasteiger partial charge in [0.15, 0.2) is 5.82 Å². The summed E-state index contributed by atoms with van der Waals surface area (Å²) in [6.45, 7) is 5.61. The van der Waals surface area contributed by atoms with Crippen LogP contribution in [0, 0.1) is 5.92 Å². The first-order valence-electron chi connectivity index (χ1n) is 24.2. The van der Waals surface area contributed by atoms with Crippen LogP contribution in [0.4, 0.5) is 28.1 Å². The van der Waals surface area contributed by atoms with Gasteiger partial charge < -0.3 is 26.1 Å². The molecule has 69 heavy (non-hydrogen) atoms. The van der Waals surface area contributed by atoms with E-state index in [0.717, 1.165) is 146 Å². The molecule has 3 aromatic carbocycles. The van der Waals surface area contributed by atoms with Gasteiger partial charge >= 0.3 is 0 Å². The topological polar surface area (TPSA) is 193 Å². The van der Waals surface area contributed by atoms with Crippen LogP contribution in [0.3, 0.4) is 0 Å². The smallest absolute Gasteiger partial charge is 0.289 e. The number of thioether (sulfide) groups is 1. The zero-order chi connectivity index (χ0) is 46.6. The van der Waals surface area contributed by atoms with E-state index >= 15 is 0 Å². The third-order valence-corrected chi connectivity index (χ3v) is 15.7. The van der Waals surface area contributed by atoms with Crippen molar-refractivity contribution >= 4 is 63.7 Å². The highest BCUT2D eigenvalue weighted by Gasteiger charge is 2.37. The maximum absolute atomic E-state index is 13.1. The number of rotatable bonds is 10. The predicted octanol–water partition coefficient (Wildman–Crippen LogP) is 7.03. The van der Waals surface area contributed by atoms with E-state index in [0.29, 0.717) is 35.9 Å². The molecule has 0 radical (unpaired) electrons. The summed E-state index contributed by atoms with van der Waals surface area (Å²) in [5, 5.41) is 20.0. The number of aryl methyl sites for hydroxylation is 4. The molecule has 3 saturated heterocycles. The van der Waals surface area contributed by atoms with Crippen molar-refractivity contribution in [1.82, 2.24) is 44.6 Å². The third kappa shape index (κ3) is 8.84. The number of likely N-dealkylation sites (tertiary alicyclic amines) is 1. The van der Waals surface area contributed by atoms with E-state index in [4.69, 9.17) is 15.6 Å². The molecule has 3 amide bonds. The second kappa shape index (κ2) is 18.3. The Kier molecular flexibility index (Phi) is 11.6. The van der Waals surface area contributed by atoms with Gasteiger partial charge in [-0.2, -0.15) is 9.67 Å². The summed E-state index contributed by atoms with van der Waals surface area (Å²) < 4.78 is 8.04. The number of anilines is 4. The molecule has 7 heterocycles. The monoisotopic (exact) mass is 942 g/mol. The van der Waals surface area contributed by atoms with Gasteiger partial charge in [0.2, 0.25) is 17.8 Å². The number of hydrogen-bond donors (Lipinski definition) is 4. The molecule has 2 aliphatic carbocycles. The molecule has 3 aromatic heterocycles. The lowest BCUT2D eigenvalue weighted by atomic mass is 9.99. The van der Waals surface area contributed by atoms with Gasteiger partial charge in [-0.1, -0.05) is 48.2 Å². The molecule has 3 atom stereocenters. The minimum absolute atomic E-state index is 0.171. The Hall–Kier alpha value is -6.66. The average molecular weight is 943 g/mol. The van der Waals surface area contributed by atoms with Gasteiger partial charge in [-0.3, -0.25) is 29.1 Å². The second-order valence-corrected chi connectivity index (χ2v) is 20.1. The van der Waals surface area contributed by atoms with Crippen molar-refractivity contribution in [3.63, 3.8) is 0 Å². The van der Waals surface area contributed by atoms with E-state index in [9.17, 15) is 14.4 Å². The van der Waals surface area contributed by atoms with Gasteiger partial charge in [0.1, 0.15) is 0 Å². The number of hydrogen-bond acceptors (Lipinski definition) is 13. The molecular formula is C52H54N12O4S. The number of imide groups is 1. The van der Waals surface area contributed by atoms with Crippen molar-refractivity contribution < 1.29 is 19.1 Å². The van der Waals surface area contributed by atoms with Crippen LogP contribution in [-0.4, -0.2) is 112 Å². The minimum Gasteiger partial charge on any atom is -0.375 e. The number of aromatic nitrogens is 6. The zero-order valence-corrected chi connectivity index (χ0v) is 39.1. The molecule has 352 valence electrons. The van der Waals surface area contributed by atoms with E-state index in [1.807, 2.05) is 36.5 Å². The summed E-state index contributed by atoms with van der Waals surface area (Å²) >= 11 is 1.02. The summed E-state index contributed by atoms with van der Waals surface area (Å²) in [7, 11) is 0. The fraction of sp³-hybridized carbons (Fsp3) is 0.365. The third-order valence-electron chi connectivity index (χ3n) is 14.8. The number of carbonyl (C=O) groups excluding carboxylic acids is 3. The summed E-state index contributed by atoms with van der Waals surface area (Å²) in [6, 6.07) is 25.3. The normalized spacial score (nSPS) is 22.3. The average Bonchev–Trinajstić information content (AvgIpc) is 4.17. The number of nitrogens with one attached hydrogen (secondary N) is 3. The maximum atomic E-state index is 13.1. The number of aromatic amines is 1. The van der Waals surface area contributed by atoms with Crippen molar-refractivity contribution in [2.24, 2.45) is 5.92 Å². The number of amides is 3. The Morgan fingerprint density at radius 2 is 1.72 bits per heavy atom. The molecule has 6 aromatic rings. The van der Waals surface area contributed by atoms with Crippen LogP contribution in [0.5, 0.6) is 0 Å². The van der Waals surface area contributed by atoms with Crippen molar-refractivity contribution in [3.8, 4) is 17.1 Å². The first-order valence-corrected chi connectivity index (χ1v) is 25.2. The fourth-order valence-corrected chi connectivity index (χ4v) is 12.0. The molecule has 2 unspecified atom stereocenters. The lowest BCUT2D eigenvalue weighted by Gasteiger charge is -2.36. The van der Waals surface area contributed by atoms with Crippen LogP contribution in [0.1, 0.15) is 70.3 Å². The molecule has 4 aliphatic heterocycles. The van der Waals surface area contributed by atoms with E-state index in [1.165, 1.54) is 21.6 Å². The molecule has 3 fully saturated rings. The summed E-state index contributed by atoms with van der Waals surface area (Å²) in [5.74, 6) is 1.53. The molecule has 6 aliphatic rings. The Bertz CT molecular complexity index is 3020. The first kappa shape index (κ1) is 43.6. The highest BCUT2D eigenvalue weighted by Crippen LogP contribution is 2.37. The van der Waals surface area contributed by atoms with E-state index in [1.54, 1.807) is 4.68 Å². The molecule has 5 N–H and O–H groups in total. The highest BCUT2D eigenvalue weighted by molar-refractivity contribution is 8.14. The number of morpholine rings is 1. The molecule has 12 rings (SSSR count). The number of fused-ring (bicyclic) bond motifs is 5. The van der Waals surface area contributed by atoms with Gasteiger partial charge in [-0.15, -0.1) is 15.3 Å².